The van der Waals surface area contributed by atoms with Crippen molar-refractivity contribution in [1.29, 1.82) is 0 Å². The number of benzene rings is 2. The van der Waals surface area contributed by atoms with Crippen molar-refractivity contribution in [2.45, 2.75) is 26.5 Å². The maximum Gasteiger partial charge on any atom is 0.248 e. The molecule has 9 nitrogen and oxygen atoms in total. The number of anilines is 1. The Labute approximate surface area is 183 Å². The van der Waals surface area contributed by atoms with Crippen LogP contribution in [0.1, 0.15) is 31.0 Å². The van der Waals surface area contributed by atoms with Gasteiger partial charge in [-0.1, -0.05) is 34.9 Å². The van der Waals surface area contributed by atoms with E-state index in [0.717, 1.165) is 11.1 Å². The number of hydrogen-bond donors (Lipinski definition) is 2. The summed E-state index contributed by atoms with van der Waals surface area (Å²) in [6.45, 7) is 4.45. The third kappa shape index (κ3) is 4.17. The molecule has 1 atom stereocenters. The van der Waals surface area contributed by atoms with Gasteiger partial charge in [-0.2, -0.15) is 4.68 Å². The first kappa shape index (κ1) is 20.7. The average Bonchev–Trinajstić information content (AvgIpc) is 3.21. The molecule has 1 aromatic heterocycles. The summed E-state index contributed by atoms with van der Waals surface area (Å²) < 4.78 is 13.3. The van der Waals surface area contributed by atoms with E-state index in [4.69, 9.17) is 26.8 Å². The van der Waals surface area contributed by atoms with Gasteiger partial charge in [-0.25, -0.2) is 0 Å². The summed E-state index contributed by atoms with van der Waals surface area (Å²) in [4.78, 5) is 12.2. The predicted octanol–water partition coefficient (Wildman–Crippen LogP) is 3.08. The number of nitrogens with zero attached hydrogens (tertiary/aromatic N) is 4. The molecular formula is C21H21ClN6O3. The predicted molar refractivity (Wildman–Crippen MR) is 115 cm³/mol. The number of amides is 1. The SMILES string of the molecule is CCOc1cc(C2C(C(N)=O)=C(C)Nc3nnnn32)ccc1OCc1ccc(Cl)cc1. The van der Waals surface area contributed by atoms with Gasteiger partial charge >= 0.3 is 0 Å². The Kier molecular flexibility index (Phi) is 5.77. The fourth-order valence-electron chi connectivity index (χ4n) is 3.46. The second-order valence-corrected chi connectivity index (χ2v) is 7.37. The molecule has 0 radical (unpaired) electrons. The second kappa shape index (κ2) is 8.65. The number of primary amides is 1. The van der Waals surface area contributed by atoms with E-state index < -0.39 is 11.9 Å². The molecule has 2 aromatic carbocycles. The van der Waals surface area contributed by atoms with Gasteiger partial charge < -0.3 is 20.5 Å². The van der Waals surface area contributed by atoms with Crippen LogP contribution in [0.15, 0.2) is 53.7 Å². The molecule has 2 heterocycles. The van der Waals surface area contributed by atoms with Crippen LogP contribution in [0.4, 0.5) is 5.95 Å². The molecule has 1 aliphatic rings. The number of allylic oxidation sites excluding steroid dienone is 1. The van der Waals surface area contributed by atoms with Crippen LogP contribution in [0.3, 0.4) is 0 Å². The highest BCUT2D eigenvalue weighted by molar-refractivity contribution is 6.30. The van der Waals surface area contributed by atoms with Crippen LogP contribution >= 0.6 is 11.6 Å². The van der Waals surface area contributed by atoms with E-state index in [1.54, 1.807) is 13.0 Å². The standard InChI is InChI=1S/C21H21ClN6O3/c1-3-30-17-10-14(6-9-16(17)31-11-13-4-7-15(22)8-5-13)19-18(20(23)29)12(2)24-21-25-26-27-28(19)21/h4-10,19H,3,11H2,1-2H3,(H2,23,29)(H,24,25,27). The molecule has 0 saturated heterocycles. The van der Waals surface area contributed by atoms with Crippen LogP contribution in [0.5, 0.6) is 11.5 Å². The lowest BCUT2D eigenvalue weighted by atomic mass is 9.95. The van der Waals surface area contributed by atoms with E-state index in [0.29, 0.717) is 47.0 Å². The lowest BCUT2D eigenvalue weighted by molar-refractivity contribution is -0.115. The van der Waals surface area contributed by atoms with E-state index in [-0.39, 0.29) is 0 Å². The van der Waals surface area contributed by atoms with Crippen LogP contribution in [0.2, 0.25) is 5.02 Å². The number of nitrogens with one attached hydrogen (secondary N) is 1. The molecule has 0 fully saturated rings. The summed E-state index contributed by atoms with van der Waals surface area (Å²) in [5.41, 5.74) is 8.36. The summed E-state index contributed by atoms with van der Waals surface area (Å²) in [5, 5.41) is 15.4. The fourth-order valence-corrected chi connectivity index (χ4v) is 3.59. The number of ether oxygens (including phenoxy) is 2. The van der Waals surface area contributed by atoms with Gasteiger partial charge in [0.25, 0.3) is 0 Å². The molecule has 3 N–H and O–H groups in total. The number of carbonyl (C=O) groups excluding carboxylic acids is 1. The van der Waals surface area contributed by atoms with Crippen molar-refractivity contribution in [1.82, 2.24) is 20.2 Å². The Morgan fingerprint density at radius 1 is 1.19 bits per heavy atom. The van der Waals surface area contributed by atoms with E-state index in [1.807, 2.05) is 43.3 Å². The molecule has 0 aliphatic carbocycles. The fraction of sp³-hybridized carbons (Fsp3) is 0.238. The normalized spacial score (nSPS) is 15.3. The Hall–Kier alpha value is -3.59. The van der Waals surface area contributed by atoms with Crippen LogP contribution in [-0.4, -0.2) is 32.7 Å². The van der Waals surface area contributed by atoms with E-state index in [1.165, 1.54) is 4.68 Å². The molecule has 0 bridgehead atoms. The Balaban J connectivity index is 1.68. The first-order valence-corrected chi connectivity index (χ1v) is 10.0. The number of aromatic nitrogens is 4. The zero-order valence-electron chi connectivity index (χ0n) is 17.0. The van der Waals surface area contributed by atoms with Gasteiger partial charge in [-0.15, -0.1) is 0 Å². The Morgan fingerprint density at radius 3 is 2.68 bits per heavy atom. The van der Waals surface area contributed by atoms with Crippen molar-refractivity contribution in [3.8, 4) is 11.5 Å². The lowest BCUT2D eigenvalue weighted by Crippen LogP contribution is -2.31. The third-order valence-electron chi connectivity index (χ3n) is 4.87. The third-order valence-corrected chi connectivity index (χ3v) is 5.12. The van der Waals surface area contributed by atoms with Crippen LogP contribution in [-0.2, 0) is 11.4 Å². The van der Waals surface area contributed by atoms with Crippen molar-refractivity contribution in [3.63, 3.8) is 0 Å². The molecular weight excluding hydrogens is 420 g/mol. The highest BCUT2D eigenvalue weighted by atomic mass is 35.5. The Morgan fingerprint density at radius 2 is 1.97 bits per heavy atom. The number of rotatable bonds is 7. The molecule has 1 amide bonds. The molecule has 0 saturated carbocycles. The molecule has 1 aliphatic heterocycles. The number of hydrogen-bond acceptors (Lipinski definition) is 7. The van der Waals surface area contributed by atoms with Gasteiger partial charge in [0.15, 0.2) is 11.5 Å². The van der Waals surface area contributed by atoms with Gasteiger partial charge in [0, 0.05) is 10.7 Å². The van der Waals surface area contributed by atoms with E-state index in [9.17, 15) is 4.79 Å². The number of carbonyl (C=O) groups is 1. The maximum atomic E-state index is 12.2. The number of nitrogens with two attached hydrogens (primary N) is 1. The smallest absolute Gasteiger partial charge is 0.248 e. The summed E-state index contributed by atoms with van der Waals surface area (Å²) in [6, 6.07) is 12.3. The first-order chi connectivity index (χ1) is 15.0. The molecule has 1 unspecified atom stereocenters. The van der Waals surface area contributed by atoms with Gasteiger partial charge in [0.1, 0.15) is 12.6 Å². The van der Waals surface area contributed by atoms with Crippen molar-refractivity contribution >= 4 is 23.5 Å². The van der Waals surface area contributed by atoms with Crippen molar-refractivity contribution in [2.24, 2.45) is 5.73 Å². The minimum absolute atomic E-state index is 0.354. The van der Waals surface area contributed by atoms with E-state index in [2.05, 4.69) is 20.8 Å². The van der Waals surface area contributed by atoms with Gasteiger partial charge in [0.05, 0.1) is 12.2 Å². The summed E-state index contributed by atoms with van der Waals surface area (Å²) in [6.07, 6.45) is 0. The summed E-state index contributed by atoms with van der Waals surface area (Å²) in [7, 11) is 0. The number of fused-ring (bicyclic) bond motifs is 1. The van der Waals surface area contributed by atoms with Crippen LogP contribution in [0.25, 0.3) is 0 Å². The van der Waals surface area contributed by atoms with Crippen LogP contribution in [0, 0.1) is 0 Å². The zero-order chi connectivity index (χ0) is 22.0. The van der Waals surface area contributed by atoms with E-state index >= 15 is 0 Å². The molecule has 31 heavy (non-hydrogen) atoms. The minimum Gasteiger partial charge on any atom is -0.490 e. The van der Waals surface area contributed by atoms with Crippen LogP contribution < -0.4 is 20.5 Å². The second-order valence-electron chi connectivity index (χ2n) is 6.93. The van der Waals surface area contributed by atoms with Gasteiger partial charge in [-0.3, -0.25) is 4.79 Å². The highest BCUT2D eigenvalue weighted by Gasteiger charge is 2.33. The molecule has 0 spiro atoms. The average molecular weight is 441 g/mol. The zero-order valence-corrected chi connectivity index (χ0v) is 17.8. The first-order valence-electron chi connectivity index (χ1n) is 9.67. The number of tetrazole rings is 1. The summed E-state index contributed by atoms with van der Waals surface area (Å²) >= 11 is 5.94. The largest absolute Gasteiger partial charge is 0.490 e. The maximum absolute atomic E-state index is 12.2. The summed E-state index contributed by atoms with van der Waals surface area (Å²) in [5.74, 6) is 0.988. The molecule has 3 aromatic rings. The van der Waals surface area contributed by atoms with Crippen molar-refractivity contribution in [2.75, 3.05) is 11.9 Å². The van der Waals surface area contributed by atoms with Crippen molar-refractivity contribution in [3.05, 3.63) is 69.9 Å². The number of halogens is 1. The van der Waals surface area contributed by atoms with Gasteiger partial charge in [-0.05, 0) is 59.7 Å². The topological polar surface area (TPSA) is 117 Å². The molecule has 4 rings (SSSR count). The highest BCUT2D eigenvalue weighted by Crippen LogP contribution is 2.38. The minimum atomic E-state index is -0.590. The van der Waals surface area contributed by atoms with Gasteiger partial charge in [0.2, 0.25) is 11.9 Å². The van der Waals surface area contributed by atoms with Crippen molar-refractivity contribution < 1.29 is 14.3 Å². The molecule has 160 valence electrons. The monoisotopic (exact) mass is 440 g/mol. The molecule has 10 heteroatoms. The lowest BCUT2D eigenvalue weighted by Gasteiger charge is -2.27. The quantitative estimate of drug-likeness (QED) is 0.579. The Bertz CT molecular complexity index is 1140.